The molecule has 15 heavy (non-hydrogen) atoms. The predicted molar refractivity (Wildman–Crippen MR) is 52.8 cm³/mol. The quantitative estimate of drug-likeness (QED) is 0.742. The minimum atomic E-state index is -4.29. The van der Waals surface area contributed by atoms with Crippen molar-refractivity contribution < 1.29 is 18.0 Å². The summed E-state index contributed by atoms with van der Waals surface area (Å²) in [5, 5.41) is 2.47. The van der Waals surface area contributed by atoms with Gasteiger partial charge in [0.2, 0.25) is 5.91 Å². The zero-order valence-corrected chi connectivity index (χ0v) is 9.45. The van der Waals surface area contributed by atoms with Crippen molar-refractivity contribution in [2.45, 2.75) is 38.9 Å². The van der Waals surface area contributed by atoms with Crippen LogP contribution in [0.25, 0.3) is 0 Å². The first-order valence-corrected chi connectivity index (χ1v) is 5.21. The molecular weight excluding hydrogens is 231 g/mol. The second-order valence-corrected chi connectivity index (χ2v) is 4.00. The van der Waals surface area contributed by atoms with Crippen molar-refractivity contribution in [3.63, 3.8) is 0 Å². The molecule has 0 aliphatic heterocycles. The summed E-state index contributed by atoms with van der Waals surface area (Å²) in [7, 11) is 0. The van der Waals surface area contributed by atoms with Gasteiger partial charge in [0, 0.05) is 18.3 Å². The molecule has 0 saturated heterocycles. The van der Waals surface area contributed by atoms with Crippen LogP contribution >= 0.6 is 11.6 Å². The second-order valence-electron chi connectivity index (χ2n) is 3.69. The number of hydrogen-bond acceptors (Lipinski definition) is 1. The number of carbonyl (C=O) groups excluding carboxylic acids is 1. The monoisotopic (exact) mass is 245 g/mol. The molecule has 0 aromatic heterocycles. The molecule has 90 valence electrons. The summed E-state index contributed by atoms with van der Waals surface area (Å²) < 4.78 is 35.4. The Morgan fingerprint density at radius 3 is 2.27 bits per heavy atom. The lowest BCUT2D eigenvalue weighted by Crippen LogP contribution is -2.40. The summed E-state index contributed by atoms with van der Waals surface area (Å²) in [6, 6.07) is -0.271. The lowest BCUT2D eigenvalue weighted by atomic mass is 10.1. The van der Waals surface area contributed by atoms with Crippen LogP contribution < -0.4 is 5.32 Å². The van der Waals surface area contributed by atoms with Gasteiger partial charge >= 0.3 is 6.18 Å². The Morgan fingerprint density at radius 2 is 1.93 bits per heavy atom. The molecule has 0 aromatic carbocycles. The number of amides is 1. The van der Waals surface area contributed by atoms with Crippen molar-refractivity contribution in [2.75, 3.05) is 5.88 Å². The van der Waals surface area contributed by atoms with Gasteiger partial charge in [-0.3, -0.25) is 4.79 Å². The van der Waals surface area contributed by atoms with Crippen molar-refractivity contribution in [1.29, 1.82) is 0 Å². The van der Waals surface area contributed by atoms with Crippen LogP contribution in [0.5, 0.6) is 0 Å². The van der Waals surface area contributed by atoms with E-state index in [0.717, 1.165) is 0 Å². The lowest BCUT2D eigenvalue weighted by Gasteiger charge is -2.19. The number of alkyl halides is 4. The van der Waals surface area contributed by atoms with Gasteiger partial charge in [-0.2, -0.15) is 13.2 Å². The van der Waals surface area contributed by atoms with Crippen LogP contribution in [0.2, 0.25) is 0 Å². The van der Waals surface area contributed by atoms with Gasteiger partial charge in [0.05, 0.1) is 6.42 Å². The van der Waals surface area contributed by atoms with Gasteiger partial charge in [-0.15, -0.1) is 11.6 Å². The summed E-state index contributed by atoms with van der Waals surface area (Å²) in [4.78, 5) is 11.1. The van der Waals surface area contributed by atoms with Gasteiger partial charge in [0.1, 0.15) is 0 Å². The molecule has 0 radical (unpaired) electrons. The third-order valence-electron chi connectivity index (χ3n) is 1.95. The molecule has 0 fully saturated rings. The van der Waals surface area contributed by atoms with Gasteiger partial charge in [-0.1, -0.05) is 13.8 Å². The molecule has 1 N–H and O–H groups in total. The standard InChI is InChI=1S/C9H15ClF3NO/c1-6(2)7(5-10)14-8(15)3-4-9(11,12)13/h6-7H,3-5H2,1-2H3,(H,14,15). The lowest BCUT2D eigenvalue weighted by molar-refractivity contribution is -0.144. The van der Waals surface area contributed by atoms with Gasteiger partial charge < -0.3 is 5.32 Å². The fourth-order valence-corrected chi connectivity index (χ4v) is 1.35. The molecule has 0 aromatic rings. The highest BCUT2D eigenvalue weighted by Crippen LogP contribution is 2.21. The van der Waals surface area contributed by atoms with Crippen molar-refractivity contribution in [3.05, 3.63) is 0 Å². The zero-order chi connectivity index (χ0) is 12.1. The minimum Gasteiger partial charge on any atom is -0.352 e. The number of carbonyl (C=O) groups is 1. The van der Waals surface area contributed by atoms with Crippen LogP contribution in [-0.4, -0.2) is 24.0 Å². The first kappa shape index (κ1) is 14.6. The van der Waals surface area contributed by atoms with Crippen LogP contribution in [-0.2, 0) is 4.79 Å². The molecule has 0 aliphatic carbocycles. The van der Waals surface area contributed by atoms with Gasteiger partial charge in [-0.25, -0.2) is 0 Å². The summed E-state index contributed by atoms with van der Waals surface area (Å²) in [6.45, 7) is 3.69. The van der Waals surface area contributed by atoms with E-state index in [2.05, 4.69) is 5.32 Å². The van der Waals surface area contributed by atoms with Crippen molar-refractivity contribution >= 4 is 17.5 Å². The first-order valence-electron chi connectivity index (χ1n) is 4.68. The molecule has 1 atom stereocenters. The van der Waals surface area contributed by atoms with E-state index in [4.69, 9.17) is 11.6 Å². The molecule has 0 bridgehead atoms. The smallest absolute Gasteiger partial charge is 0.352 e. The third kappa shape index (κ3) is 7.48. The maximum Gasteiger partial charge on any atom is 0.389 e. The zero-order valence-electron chi connectivity index (χ0n) is 8.70. The first-order chi connectivity index (χ1) is 6.76. The average molecular weight is 246 g/mol. The largest absolute Gasteiger partial charge is 0.389 e. The Labute approximate surface area is 92.2 Å². The van der Waals surface area contributed by atoms with E-state index in [1.165, 1.54) is 0 Å². The van der Waals surface area contributed by atoms with E-state index < -0.39 is 24.9 Å². The second kappa shape index (κ2) is 6.20. The maximum absolute atomic E-state index is 11.8. The number of halogens is 4. The highest BCUT2D eigenvalue weighted by molar-refractivity contribution is 6.18. The Balaban J connectivity index is 3.92. The van der Waals surface area contributed by atoms with Crippen molar-refractivity contribution in [1.82, 2.24) is 5.32 Å². The van der Waals surface area contributed by atoms with Crippen molar-refractivity contribution in [3.8, 4) is 0 Å². The SMILES string of the molecule is CC(C)C(CCl)NC(=O)CCC(F)(F)F. The fraction of sp³-hybridized carbons (Fsp3) is 0.889. The van der Waals surface area contributed by atoms with E-state index in [9.17, 15) is 18.0 Å². The summed E-state index contributed by atoms with van der Waals surface area (Å²) in [5.41, 5.74) is 0. The molecule has 2 nitrogen and oxygen atoms in total. The number of hydrogen-bond donors (Lipinski definition) is 1. The highest BCUT2D eigenvalue weighted by Gasteiger charge is 2.28. The number of nitrogens with one attached hydrogen (secondary N) is 1. The molecule has 0 rings (SSSR count). The molecular formula is C9H15ClF3NO. The molecule has 0 spiro atoms. The van der Waals surface area contributed by atoms with E-state index in [-0.39, 0.29) is 17.8 Å². The molecule has 0 saturated carbocycles. The highest BCUT2D eigenvalue weighted by atomic mass is 35.5. The Hall–Kier alpha value is -0.450. The Bertz CT molecular complexity index is 206. The molecule has 1 unspecified atom stereocenters. The number of rotatable bonds is 5. The molecule has 1 amide bonds. The third-order valence-corrected chi connectivity index (χ3v) is 2.29. The summed E-state index contributed by atoms with van der Waals surface area (Å²) in [6.07, 6.45) is -5.92. The minimum absolute atomic E-state index is 0.109. The van der Waals surface area contributed by atoms with Crippen molar-refractivity contribution in [2.24, 2.45) is 5.92 Å². The van der Waals surface area contributed by atoms with Crippen LogP contribution in [0.4, 0.5) is 13.2 Å². The van der Waals surface area contributed by atoms with E-state index in [1.807, 2.05) is 13.8 Å². The van der Waals surface area contributed by atoms with Gasteiger partial charge in [0.15, 0.2) is 0 Å². The van der Waals surface area contributed by atoms with Gasteiger partial charge in [-0.05, 0) is 5.92 Å². The van der Waals surface area contributed by atoms with E-state index >= 15 is 0 Å². The Kier molecular flexibility index (Phi) is 6.02. The van der Waals surface area contributed by atoms with E-state index in [0.29, 0.717) is 0 Å². The van der Waals surface area contributed by atoms with Crippen LogP contribution in [0.15, 0.2) is 0 Å². The van der Waals surface area contributed by atoms with Crippen LogP contribution in [0.1, 0.15) is 26.7 Å². The van der Waals surface area contributed by atoms with Crippen LogP contribution in [0.3, 0.4) is 0 Å². The normalized spacial score (nSPS) is 14.1. The topological polar surface area (TPSA) is 29.1 Å². The fourth-order valence-electron chi connectivity index (χ4n) is 0.918. The van der Waals surface area contributed by atoms with E-state index in [1.54, 1.807) is 0 Å². The summed E-state index contributed by atoms with van der Waals surface area (Å²) >= 11 is 5.56. The average Bonchev–Trinajstić information content (AvgIpc) is 2.09. The van der Waals surface area contributed by atoms with Gasteiger partial charge in [0.25, 0.3) is 0 Å². The van der Waals surface area contributed by atoms with Crippen LogP contribution in [0, 0.1) is 5.92 Å². The Morgan fingerprint density at radius 1 is 1.40 bits per heavy atom. The molecule has 6 heteroatoms. The predicted octanol–water partition coefficient (Wildman–Crippen LogP) is 2.71. The maximum atomic E-state index is 11.8. The molecule has 0 heterocycles. The molecule has 0 aliphatic rings. The summed E-state index contributed by atoms with van der Waals surface area (Å²) in [5.74, 6) is -0.292.